The normalized spacial score (nSPS) is 30.4. The Balaban J connectivity index is 2.47. The number of hydrogen-bond donors (Lipinski definition) is 1. The van der Waals surface area contributed by atoms with Gasteiger partial charge < -0.3 is 9.64 Å². The van der Waals surface area contributed by atoms with Crippen molar-refractivity contribution in [3.8, 4) is 0 Å². The Bertz CT molecular complexity index is 326. The molecule has 6 heteroatoms. The van der Waals surface area contributed by atoms with E-state index in [-0.39, 0.29) is 11.9 Å². The van der Waals surface area contributed by atoms with E-state index in [0.717, 1.165) is 0 Å². The standard InChI is InChI=1S/C9H18N2O3S/c1-11(9(12)3-5-14-2)8-4-6-15(10,13)7-8/h8,10H,3-7H2,1-2H3. The molecule has 0 aromatic heterocycles. The first-order valence-corrected chi connectivity index (χ1v) is 6.84. The van der Waals surface area contributed by atoms with Crippen LogP contribution < -0.4 is 0 Å². The van der Waals surface area contributed by atoms with Crippen LogP contribution in [0.2, 0.25) is 0 Å². The lowest BCUT2D eigenvalue weighted by molar-refractivity contribution is -0.132. The monoisotopic (exact) mass is 234 g/mol. The molecule has 0 saturated carbocycles. The van der Waals surface area contributed by atoms with E-state index in [9.17, 15) is 9.00 Å². The molecule has 1 saturated heterocycles. The topological polar surface area (TPSA) is 70.5 Å². The predicted molar refractivity (Wildman–Crippen MR) is 58.3 cm³/mol. The maximum absolute atomic E-state index is 11.6. The van der Waals surface area contributed by atoms with Crippen molar-refractivity contribution < 1.29 is 13.7 Å². The van der Waals surface area contributed by atoms with Crippen LogP contribution in [0.25, 0.3) is 0 Å². The number of carbonyl (C=O) groups is 1. The van der Waals surface area contributed by atoms with Crippen molar-refractivity contribution in [1.82, 2.24) is 4.90 Å². The molecule has 0 bridgehead atoms. The minimum Gasteiger partial charge on any atom is -0.384 e. The van der Waals surface area contributed by atoms with E-state index in [4.69, 9.17) is 9.52 Å². The van der Waals surface area contributed by atoms with Crippen molar-refractivity contribution >= 4 is 15.6 Å². The Hall–Kier alpha value is -0.620. The van der Waals surface area contributed by atoms with Crippen molar-refractivity contribution in [2.45, 2.75) is 18.9 Å². The molecule has 1 aliphatic rings. The van der Waals surface area contributed by atoms with Crippen LogP contribution in [0.3, 0.4) is 0 Å². The quantitative estimate of drug-likeness (QED) is 0.760. The van der Waals surface area contributed by atoms with Gasteiger partial charge in [-0.2, -0.15) is 0 Å². The molecule has 1 fully saturated rings. The molecule has 0 aromatic carbocycles. The Morgan fingerprint density at radius 2 is 2.33 bits per heavy atom. The summed E-state index contributed by atoms with van der Waals surface area (Å²) in [5, 5.41) is 0. The summed E-state index contributed by atoms with van der Waals surface area (Å²) in [6, 6.07) is -0.0284. The average Bonchev–Trinajstić information content (AvgIpc) is 2.54. The zero-order valence-electron chi connectivity index (χ0n) is 9.19. The number of amides is 1. The highest BCUT2D eigenvalue weighted by molar-refractivity contribution is 7.92. The van der Waals surface area contributed by atoms with Gasteiger partial charge in [-0.1, -0.05) is 0 Å². The van der Waals surface area contributed by atoms with Crippen molar-refractivity contribution in [2.75, 3.05) is 32.3 Å². The zero-order valence-corrected chi connectivity index (χ0v) is 10.0. The van der Waals surface area contributed by atoms with E-state index >= 15 is 0 Å². The number of rotatable bonds is 4. The zero-order chi connectivity index (χ0) is 11.5. The van der Waals surface area contributed by atoms with E-state index in [1.807, 2.05) is 0 Å². The van der Waals surface area contributed by atoms with Crippen LogP contribution in [0, 0.1) is 4.78 Å². The van der Waals surface area contributed by atoms with Gasteiger partial charge in [0.2, 0.25) is 5.91 Å². The summed E-state index contributed by atoms with van der Waals surface area (Å²) in [5.74, 6) is 0.737. The van der Waals surface area contributed by atoms with Crippen molar-refractivity contribution in [1.29, 1.82) is 4.78 Å². The summed E-state index contributed by atoms with van der Waals surface area (Å²) in [7, 11) is 0.847. The highest BCUT2D eigenvalue weighted by atomic mass is 32.2. The number of nitrogens with zero attached hydrogens (tertiary/aromatic N) is 1. The van der Waals surface area contributed by atoms with Gasteiger partial charge in [0.25, 0.3) is 0 Å². The minimum absolute atomic E-state index is 0.000972. The van der Waals surface area contributed by atoms with Crippen LogP contribution in [0.15, 0.2) is 0 Å². The molecule has 0 aliphatic carbocycles. The summed E-state index contributed by atoms with van der Waals surface area (Å²) in [6.45, 7) is 0.409. The number of ether oxygens (including phenoxy) is 1. The average molecular weight is 234 g/mol. The lowest BCUT2D eigenvalue weighted by Gasteiger charge is -2.23. The maximum atomic E-state index is 11.6. The molecular weight excluding hydrogens is 216 g/mol. The molecule has 0 radical (unpaired) electrons. The summed E-state index contributed by atoms with van der Waals surface area (Å²) < 4.78 is 23.7. The molecule has 1 N–H and O–H groups in total. The van der Waals surface area contributed by atoms with Crippen LogP contribution in [0.5, 0.6) is 0 Å². The van der Waals surface area contributed by atoms with E-state index in [1.165, 1.54) is 0 Å². The molecule has 1 rings (SSSR count). The van der Waals surface area contributed by atoms with Crippen LogP contribution in [0.4, 0.5) is 0 Å². The molecule has 1 heterocycles. The molecule has 5 nitrogen and oxygen atoms in total. The fourth-order valence-corrected chi connectivity index (χ4v) is 3.51. The summed E-state index contributed by atoms with van der Waals surface area (Å²) in [6.07, 6.45) is 1.03. The van der Waals surface area contributed by atoms with E-state index < -0.39 is 9.73 Å². The van der Waals surface area contributed by atoms with Gasteiger partial charge >= 0.3 is 0 Å². The second-order valence-electron chi connectivity index (χ2n) is 3.87. The molecule has 2 unspecified atom stereocenters. The third-order valence-corrected chi connectivity index (χ3v) is 4.52. The highest BCUT2D eigenvalue weighted by Crippen LogP contribution is 2.17. The third-order valence-electron chi connectivity index (χ3n) is 2.70. The van der Waals surface area contributed by atoms with Crippen LogP contribution in [-0.4, -0.2) is 53.3 Å². The molecule has 0 spiro atoms. The van der Waals surface area contributed by atoms with Gasteiger partial charge in [0.1, 0.15) is 0 Å². The van der Waals surface area contributed by atoms with Crippen LogP contribution >= 0.6 is 0 Å². The Kier molecular flexibility index (Phi) is 4.10. The predicted octanol–water partition coefficient (Wildman–Crippen LogP) is 0.300. The van der Waals surface area contributed by atoms with Gasteiger partial charge in [0.05, 0.1) is 18.8 Å². The number of methoxy groups -OCH3 is 1. The largest absolute Gasteiger partial charge is 0.384 e. The minimum atomic E-state index is -2.42. The fourth-order valence-electron chi connectivity index (χ4n) is 1.68. The van der Waals surface area contributed by atoms with E-state index in [1.54, 1.807) is 19.1 Å². The number of hydrogen-bond acceptors (Lipinski definition) is 4. The second kappa shape index (κ2) is 4.94. The SMILES string of the molecule is COCCC(=O)N(C)C1CCS(=N)(=O)C1. The van der Waals surface area contributed by atoms with E-state index in [2.05, 4.69) is 0 Å². The van der Waals surface area contributed by atoms with E-state index in [0.29, 0.717) is 31.0 Å². The van der Waals surface area contributed by atoms with Gasteiger partial charge in [0, 0.05) is 35.7 Å². The number of nitrogens with one attached hydrogen (secondary N) is 1. The first kappa shape index (κ1) is 12.4. The second-order valence-corrected chi connectivity index (χ2v) is 6.24. The lowest BCUT2D eigenvalue weighted by atomic mass is 10.2. The van der Waals surface area contributed by atoms with Gasteiger partial charge in [-0.15, -0.1) is 0 Å². The van der Waals surface area contributed by atoms with Crippen molar-refractivity contribution in [3.05, 3.63) is 0 Å². The molecule has 0 aromatic rings. The van der Waals surface area contributed by atoms with Crippen molar-refractivity contribution in [2.24, 2.45) is 0 Å². The molecule has 1 aliphatic heterocycles. The smallest absolute Gasteiger partial charge is 0.224 e. The molecule has 1 amide bonds. The Morgan fingerprint density at radius 3 is 2.80 bits per heavy atom. The third kappa shape index (κ3) is 3.46. The molecular formula is C9H18N2O3S. The molecule has 2 atom stereocenters. The fraction of sp³-hybridized carbons (Fsp3) is 0.889. The summed E-state index contributed by atoms with van der Waals surface area (Å²) in [4.78, 5) is 13.2. The first-order valence-electron chi connectivity index (χ1n) is 4.95. The summed E-state index contributed by atoms with van der Waals surface area (Å²) >= 11 is 0. The van der Waals surface area contributed by atoms with Crippen molar-refractivity contribution in [3.63, 3.8) is 0 Å². The van der Waals surface area contributed by atoms with Gasteiger partial charge in [-0.05, 0) is 6.42 Å². The van der Waals surface area contributed by atoms with Gasteiger partial charge in [0.15, 0.2) is 0 Å². The van der Waals surface area contributed by atoms with Crippen LogP contribution in [0.1, 0.15) is 12.8 Å². The number of carbonyl (C=O) groups excluding carboxylic acids is 1. The Labute approximate surface area is 90.8 Å². The van der Waals surface area contributed by atoms with Gasteiger partial charge in [-0.3, -0.25) is 9.57 Å². The highest BCUT2D eigenvalue weighted by Gasteiger charge is 2.30. The maximum Gasteiger partial charge on any atom is 0.224 e. The molecule has 88 valence electrons. The molecule has 15 heavy (non-hydrogen) atoms. The lowest BCUT2D eigenvalue weighted by Crippen LogP contribution is -2.38. The Morgan fingerprint density at radius 1 is 1.67 bits per heavy atom. The van der Waals surface area contributed by atoms with Gasteiger partial charge in [-0.25, -0.2) is 4.21 Å². The first-order chi connectivity index (χ1) is 6.96. The summed E-state index contributed by atoms with van der Waals surface area (Å²) in [5.41, 5.74) is 0. The van der Waals surface area contributed by atoms with Crippen LogP contribution in [-0.2, 0) is 19.3 Å².